The van der Waals surface area contributed by atoms with Crippen LogP contribution in [-0.4, -0.2) is 5.91 Å². The molecule has 3 heteroatoms. The number of hydrogen-bond acceptors (Lipinski definition) is 2. The van der Waals surface area contributed by atoms with Crippen LogP contribution in [-0.2, 0) is 4.79 Å². The van der Waals surface area contributed by atoms with Gasteiger partial charge in [-0.3, -0.25) is 10.1 Å². The van der Waals surface area contributed by atoms with Crippen LogP contribution in [0, 0.1) is 29.2 Å². The van der Waals surface area contributed by atoms with Gasteiger partial charge in [0.2, 0.25) is 5.91 Å². The van der Waals surface area contributed by atoms with Gasteiger partial charge in [-0.25, -0.2) is 0 Å². The fourth-order valence-electron chi connectivity index (χ4n) is 2.35. The van der Waals surface area contributed by atoms with Crippen LogP contribution in [0.5, 0.6) is 0 Å². The minimum Gasteiger partial charge on any atom is -0.274 e. The molecular weight excluding hydrogens is 140 g/mol. The summed E-state index contributed by atoms with van der Waals surface area (Å²) in [6.07, 6.45) is 5.33. The summed E-state index contributed by atoms with van der Waals surface area (Å²) in [6.45, 7) is 0. The topological polar surface area (TPSA) is 52.9 Å². The van der Waals surface area contributed by atoms with Crippen molar-refractivity contribution >= 4 is 5.91 Å². The van der Waals surface area contributed by atoms with E-state index in [1.54, 1.807) is 6.19 Å². The van der Waals surface area contributed by atoms with Crippen LogP contribution in [0.4, 0.5) is 0 Å². The first-order chi connectivity index (χ1) is 5.34. The van der Waals surface area contributed by atoms with Crippen LogP contribution in [0.25, 0.3) is 0 Å². The lowest BCUT2D eigenvalue weighted by atomic mass is 10.1. The van der Waals surface area contributed by atoms with Gasteiger partial charge in [-0.1, -0.05) is 6.42 Å². The fourth-order valence-corrected chi connectivity index (χ4v) is 2.35. The first kappa shape index (κ1) is 6.66. The third kappa shape index (κ3) is 0.900. The van der Waals surface area contributed by atoms with E-state index in [1.165, 1.54) is 19.3 Å². The summed E-state index contributed by atoms with van der Waals surface area (Å²) in [5, 5.41) is 10.4. The fraction of sp³-hybridized carbons (Fsp3) is 0.750. The van der Waals surface area contributed by atoms with E-state index in [9.17, 15) is 4.79 Å². The van der Waals surface area contributed by atoms with Gasteiger partial charge < -0.3 is 0 Å². The summed E-state index contributed by atoms with van der Waals surface area (Å²) >= 11 is 0. The lowest BCUT2D eigenvalue weighted by Crippen LogP contribution is -2.21. The molecule has 11 heavy (non-hydrogen) atoms. The molecule has 2 atom stereocenters. The predicted molar refractivity (Wildman–Crippen MR) is 38.1 cm³/mol. The minimum atomic E-state index is -0.0535. The van der Waals surface area contributed by atoms with Gasteiger partial charge in [0.15, 0.2) is 6.19 Å². The zero-order valence-corrected chi connectivity index (χ0v) is 6.21. The molecule has 2 aliphatic rings. The molecule has 1 amide bonds. The maximum absolute atomic E-state index is 11.1. The van der Waals surface area contributed by atoms with Gasteiger partial charge >= 0.3 is 0 Å². The van der Waals surface area contributed by atoms with E-state index < -0.39 is 0 Å². The molecule has 0 aliphatic heterocycles. The summed E-state index contributed by atoms with van der Waals surface area (Å²) in [6, 6.07) is 0. The molecule has 2 fully saturated rings. The second kappa shape index (κ2) is 2.23. The Balaban J connectivity index is 1.91. The highest BCUT2D eigenvalue weighted by molar-refractivity contribution is 5.83. The van der Waals surface area contributed by atoms with Crippen LogP contribution >= 0.6 is 0 Å². The standard InChI is InChI=1S/C8H10N2O/c9-4-10-8(11)7-5-2-1-3-6(5)7/h5-7H,1-3H2,(H,10,11). The number of hydrogen-bond donors (Lipinski definition) is 1. The number of nitrogens with one attached hydrogen (secondary N) is 1. The first-order valence-corrected chi connectivity index (χ1v) is 4.03. The Morgan fingerprint density at radius 3 is 2.64 bits per heavy atom. The van der Waals surface area contributed by atoms with Crippen molar-refractivity contribution in [2.24, 2.45) is 17.8 Å². The number of carbonyl (C=O) groups excluding carboxylic acids is 1. The molecule has 0 spiro atoms. The van der Waals surface area contributed by atoms with Gasteiger partial charge in [0.05, 0.1) is 0 Å². The molecule has 2 saturated carbocycles. The Morgan fingerprint density at radius 2 is 2.09 bits per heavy atom. The number of nitrogens with zero attached hydrogens (tertiary/aromatic N) is 1. The molecule has 2 unspecified atom stereocenters. The van der Waals surface area contributed by atoms with Crippen LogP contribution in [0.3, 0.4) is 0 Å². The lowest BCUT2D eigenvalue weighted by molar-refractivity contribution is -0.121. The van der Waals surface area contributed by atoms with Crippen molar-refractivity contribution in [1.29, 1.82) is 5.26 Å². The van der Waals surface area contributed by atoms with Crippen molar-refractivity contribution in [2.75, 3.05) is 0 Å². The van der Waals surface area contributed by atoms with E-state index in [0.717, 1.165) is 0 Å². The van der Waals surface area contributed by atoms with E-state index in [1.807, 2.05) is 0 Å². The predicted octanol–water partition coefficient (Wildman–Crippen LogP) is 0.630. The normalized spacial score (nSPS) is 39.0. The van der Waals surface area contributed by atoms with Crippen LogP contribution < -0.4 is 5.32 Å². The summed E-state index contributed by atoms with van der Waals surface area (Å²) in [7, 11) is 0. The number of carbonyl (C=O) groups is 1. The summed E-state index contributed by atoms with van der Waals surface area (Å²) in [5.41, 5.74) is 0. The summed E-state index contributed by atoms with van der Waals surface area (Å²) in [4.78, 5) is 11.1. The van der Waals surface area contributed by atoms with Gasteiger partial charge in [0.1, 0.15) is 0 Å². The quantitative estimate of drug-likeness (QED) is 0.440. The molecule has 0 saturated heterocycles. The highest BCUT2D eigenvalue weighted by atomic mass is 16.2. The van der Waals surface area contributed by atoms with Crippen molar-refractivity contribution in [2.45, 2.75) is 19.3 Å². The molecule has 0 heterocycles. The van der Waals surface area contributed by atoms with Gasteiger partial charge in [-0.05, 0) is 24.7 Å². The maximum atomic E-state index is 11.1. The molecule has 0 aromatic carbocycles. The summed E-state index contributed by atoms with van der Waals surface area (Å²) in [5.74, 6) is 1.36. The molecule has 0 aromatic rings. The third-order valence-electron chi connectivity index (χ3n) is 2.89. The Labute approximate surface area is 65.4 Å². The molecule has 2 rings (SSSR count). The van der Waals surface area contributed by atoms with E-state index in [4.69, 9.17) is 5.26 Å². The van der Waals surface area contributed by atoms with E-state index >= 15 is 0 Å². The Hall–Kier alpha value is -1.04. The summed E-state index contributed by atoms with van der Waals surface area (Å²) < 4.78 is 0. The average molecular weight is 150 g/mol. The Bertz CT molecular complexity index is 221. The van der Waals surface area contributed by atoms with Crippen LogP contribution in [0.15, 0.2) is 0 Å². The Morgan fingerprint density at radius 1 is 1.45 bits per heavy atom. The second-order valence-corrected chi connectivity index (χ2v) is 3.39. The lowest BCUT2D eigenvalue weighted by Gasteiger charge is -1.97. The number of rotatable bonds is 1. The molecule has 0 aromatic heterocycles. The molecule has 0 radical (unpaired) electrons. The van der Waals surface area contributed by atoms with Gasteiger partial charge in [-0.15, -0.1) is 0 Å². The molecule has 0 bridgehead atoms. The third-order valence-corrected chi connectivity index (χ3v) is 2.89. The molecule has 58 valence electrons. The van der Waals surface area contributed by atoms with E-state index in [-0.39, 0.29) is 11.8 Å². The van der Waals surface area contributed by atoms with Crippen molar-refractivity contribution in [1.82, 2.24) is 5.32 Å². The highest BCUT2D eigenvalue weighted by Crippen LogP contribution is 2.57. The molecule has 1 N–H and O–H groups in total. The smallest absolute Gasteiger partial charge is 0.236 e. The minimum absolute atomic E-state index is 0.0535. The van der Waals surface area contributed by atoms with E-state index in [2.05, 4.69) is 5.32 Å². The molecular formula is C8H10N2O. The van der Waals surface area contributed by atoms with Crippen molar-refractivity contribution in [3.8, 4) is 6.19 Å². The van der Waals surface area contributed by atoms with Crippen LogP contribution in [0.2, 0.25) is 0 Å². The maximum Gasteiger partial charge on any atom is 0.236 e. The zero-order chi connectivity index (χ0) is 7.84. The second-order valence-electron chi connectivity index (χ2n) is 3.39. The zero-order valence-electron chi connectivity index (χ0n) is 6.21. The number of nitriles is 1. The van der Waals surface area contributed by atoms with E-state index in [0.29, 0.717) is 11.8 Å². The van der Waals surface area contributed by atoms with Gasteiger partial charge in [-0.2, -0.15) is 5.26 Å². The highest BCUT2D eigenvalue weighted by Gasteiger charge is 2.56. The number of amides is 1. The van der Waals surface area contributed by atoms with Gasteiger partial charge in [0.25, 0.3) is 0 Å². The number of fused-ring (bicyclic) bond motifs is 1. The average Bonchev–Trinajstić information content (AvgIpc) is 2.47. The van der Waals surface area contributed by atoms with Crippen molar-refractivity contribution in [3.63, 3.8) is 0 Å². The Kier molecular flexibility index (Phi) is 1.35. The molecule has 2 aliphatic carbocycles. The van der Waals surface area contributed by atoms with Crippen LogP contribution in [0.1, 0.15) is 19.3 Å². The van der Waals surface area contributed by atoms with Gasteiger partial charge in [0, 0.05) is 5.92 Å². The molecule has 3 nitrogen and oxygen atoms in total. The van der Waals surface area contributed by atoms with Crippen molar-refractivity contribution < 1.29 is 4.79 Å². The van der Waals surface area contributed by atoms with Crippen molar-refractivity contribution in [3.05, 3.63) is 0 Å². The largest absolute Gasteiger partial charge is 0.274 e. The first-order valence-electron chi connectivity index (χ1n) is 4.03. The SMILES string of the molecule is N#CNC(=O)C1C2CCCC21. The monoisotopic (exact) mass is 150 g/mol.